The van der Waals surface area contributed by atoms with Crippen LogP contribution in [0.25, 0.3) is 0 Å². The van der Waals surface area contributed by atoms with Crippen LogP contribution in [0.3, 0.4) is 0 Å². The van der Waals surface area contributed by atoms with E-state index in [1.807, 2.05) is 60.7 Å². The zero-order valence-corrected chi connectivity index (χ0v) is 13.5. The quantitative estimate of drug-likeness (QED) is 0.687. The van der Waals surface area contributed by atoms with Crippen LogP contribution in [0, 0.1) is 11.6 Å². The average Bonchev–Trinajstić information content (AvgIpc) is 2.60. The molecule has 4 heteroatoms. The van der Waals surface area contributed by atoms with E-state index in [9.17, 15) is 13.6 Å². The van der Waals surface area contributed by atoms with Crippen molar-refractivity contribution in [3.63, 3.8) is 0 Å². The van der Waals surface area contributed by atoms with E-state index < -0.39 is 11.6 Å². The van der Waals surface area contributed by atoms with Crippen molar-refractivity contribution in [2.45, 2.75) is 12.3 Å². The highest BCUT2D eigenvalue weighted by molar-refractivity contribution is 5.91. The van der Waals surface area contributed by atoms with Gasteiger partial charge >= 0.3 is 0 Å². The summed E-state index contributed by atoms with van der Waals surface area (Å²) in [7, 11) is 0. The fourth-order valence-electron chi connectivity index (χ4n) is 2.82. The summed E-state index contributed by atoms with van der Waals surface area (Å²) in [6.45, 7) is 0. The molecule has 0 aliphatic heterocycles. The molecule has 126 valence electrons. The molecule has 25 heavy (non-hydrogen) atoms. The highest BCUT2D eigenvalue weighted by Gasteiger charge is 2.18. The van der Waals surface area contributed by atoms with E-state index in [0.29, 0.717) is 0 Å². The Morgan fingerprint density at radius 3 is 1.76 bits per heavy atom. The first-order valence-corrected chi connectivity index (χ1v) is 7.97. The van der Waals surface area contributed by atoms with E-state index in [0.717, 1.165) is 29.3 Å². The maximum Gasteiger partial charge on any atom is 0.225 e. The van der Waals surface area contributed by atoms with Crippen molar-refractivity contribution in [3.8, 4) is 0 Å². The molecule has 0 aliphatic rings. The molecular weight excluding hydrogens is 320 g/mol. The molecule has 0 bridgehead atoms. The van der Waals surface area contributed by atoms with Gasteiger partial charge in [0.05, 0.1) is 0 Å². The highest BCUT2D eigenvalue weighted by Crippen LogP contribution is 2.28. The van der Waals surface area contributed by atoms with E-state index in [4.69, 9.17) is 0 Å². The van der Waals surface area contributed by atoms with Crippen LogP contribution in [0.15, 0.2) is 78.9 Å². The molecule has 1 amide bonds. The topological polar surface area (TPSA) is 29.1 Å². The number of carbonyl (C=O) groups is 1. The first-order valence-electron chi connectivity index (χ1n) is 7.97. The summed E-state index contributed by atoms with van der Waals surface area (Å²) >= 11 is 0. The van der Waals surface area contributed by atoms with E-state index in [-0.39, 0.29) is 23.9 Å². The van der Waals surface area contributed by atoms with Gasteiger partial charge in [0, 0.05) is 24.1 Å². The van der Waals surface area contributed by atoms with Crippen molar-refractivity contribution in [1.82, 2.24) is 0 Å². The molecule has 0 aromatic heterocycles. The summed E-state index contributed by atoms with van der Waals surface area (Å²) in [5.41, 5.74) is 2.13. The zero-order chi connectivity index (χ0) is 17.6. The minimum atomic E-state index is -0.724. The Morgan fingerprint density at radius 2 is 1.28 bits per heavy atom. The van der Waals surface area contributed by atoms with Gasteiger partial charge in [-0.1, -0.05) is 60.7 Å². The Morgan fingerprint density at radius 1 is 0.800 bits per heavy atom. The van der Waals surface area contributed by atoms with Crippen LogP contribution < -0.4 is 5.32 Å². The standard InChI is InChI=1S/C21H17F2NO/c22-17-11-18(23)13-19(12-17)24-21(25)14-20(15-7-3-1-4-8-15)16-9-5-2-6-10-16/h1-13,20H,14H2,(H,24,25). The van der Waals surface area contributed by atoms with E-state index in [1.54, 1.807) is 0 Å². The lowest BCUT2D eigenvalue weighted by molar-refractivity contribution is -0.116. The van der Waals surface area contributed by atoms with Crippen molar-refractivity contribution in [1.29, 1.82) is 0 Å². The molecule has 0 saturated carbocycles. The molecule has 0 spiro atoms. The second kappa shape index (κ2) is 7.71. The molecule has 3 aromatic carbocycles. The molecule has 0 fully saturated rings. The number of hydrogen-bond donors (Lipinski definition) is 1. The lowest BCUT2D eigenvalue weighted by Gasteiger charge is -2.18. The maximum atomic E-state index is 13.3. The van der Waals surface area contributed by atoms with Gasteiger partial charge in [-0.3, -0.25) is 4.79 Å². The third-order valence-corrected chi connectivity index (χ3v) is 3.94. The third kappa shape index (κ3) is 4.51. The van der Waals surface area contributed by atoms with Gasteiger partial charge in [0.1, 0.15) is 11.6 Å². The Kier molecular flexibility index (Phi) is 5.19. The Hall–Kier alpha value is -3.01. The number of anilines is 1. The molecule has 0 aliphatic carbocycles. The lowest BCUT2D eigenvalue weighted by Crippen LogP contribution is -2.16. The van der Waals surface area contributed by atoms with Gasteiger partial charge in [0.2, 0.25) is 5.91 Å². The molecule has 3 rings (SSSR count). The number of amides is 1. The van der Waals surface area contributed by atoms with Gasteiger partial charge in [-0.25, -0.2) is 8.78 Å². The normalized spacial score (nSPS) is 10.7. The van der Waals surface area contributed by atoms with Gasteiger partial charge in [0.25, 0.3) is 0 Å². The van der Waals surface area contributed by atoms with Gasteiger partial charge in [-0.2, -0.15) is 0 Å². The highest BCUT2D eigenvalue weighted by atomic mass is 19.1. The molecule has 2 nitrogen and oxygen atoms in total. The van der Waals surface area contributed by atoms with Crippen molar-refractivity contribution >= 4 is 11.6 Å². The molecule has 3 aromatic rings. The van der Waals surface area contributed by atoms with Crippen LogP contribution in [0.2, 0.25) is 0 Å². The summed E-state index contributed by atoms with van der Waals surface area (Å²) in [5, 5.41) is 2.57. The average molecular weight is 337 g/mol. The number of hydrogen-bond acceptors (Lipinski definition) is 1. The van der Waals surface area contributed by atoms with E-state index >= 15 is 0 Å². The fraction of sp³-hybridized carbons (Fsp3) is 0.0952. The second-order valence-electron chi connectivity index (χ2n) is 5.78. The zero-order valence-electron chi connectivity index (χ0n) is 13.5. The first-order chi connectivity index (χ1) is 12.1. The predicted octanol–water partition coefficient (Wildman–Crippen LogP) is 5.13. The smallest absolute Gasteiger partial charge is 0.225 e. The maximum absolute atomic E-state index is 13.3. The molecule has 1 N–H and O–H groups in total. The van der Waals surface area contributed by atoms with E-state index in [2.05, 4.69) is 5.32 Å². The molecular formula is C21H17F2NO. The summed E-state index contributed by atoms with van der Waals surface area (Å²) in [6.07, 6.45) is 0.173. The fourth-order valence-corrected chi connectivity index (χ4v) is 2.82. The minimum Gasteiger partial charge on any atom is -0.326 e. The number of rotatable bonds is 5. The first kappa shape index (κ1) is 16.8. The van der Waals surface area contributed by atoms with Crippen molar-refractivity contribution in [2.24, 2.45) is 0 Å². The largest absolute Gasteiger partial charge is 0.326 e. The number of carbonyl (C=O) groups excluding carboxylic acids is 1. The van der Waals surface area contributed by atoms with Crippen molar-refractivity contribution in [3.05, 3.63) is 102 Å². The second-order valence-corrected chi connectivity index (χ2v) is 5.78. The summed E-state index contributed by atoms with van der Waals surface area (Å²) < 4.78 is 26.6. The van der Waals surface area contributed by atoms with Crippen molar-refractivity contribution in [2.75, 3.05) is 5.32 Å². The molecule has 0 saturated heterocycles. The van der Waals surface area contributed by atoms with Crippen LogP contribution >= 0.6 is 0 Å². The third-order valence-electron chi connectivity index (χ3n) is 3.94. The molecule has 0 heterocycles. The van der Waals surface area contributed by atoms with Gasteiger partial charge in [-0.15, -0.1) is 0 Å². The molecule has 0 radical (unpaired) electrons. The SMILES string of the molecule is O=C(CC(c1ccccc1)c1ccccc1)Nc1cc(F)cc(F)c1. The van der Waals surface area contributed by atoms with Crippen LogP contribution in [0.4, 0.5) is 14.5 Å². The van der Waals surface area contributed by atoms with Crippen LogP contribution in [-0.2, 0) is 4.79 Å². The van der Waals surface area contributed by atoms with Gasteiger partial charge in [0.15, 0.2) is 0 Å². The molecule has 0 atom stereocenters. The van der Waals surface area contributed by atoms with Crippen LogP contribution in [-0.4, -0.2) is 5.91 Å². The van der Waals surface area contributed by atoms with Gasteiger partial charge < -0.3 is 5.32 Å². The Bertz CT molecular complexity index is 791. The molecule has 0 unspecified atom stereocenters. The summed E-state index contributed by atoms with van der Waals surface area (Å²) in [4.78, 5) is 12.4. The Balaban J connectivity index is 1.81. The lowest BCUT2D eigenvalue weighted by atomic mass is 9.88. The van der Waals surface area contributed by atoms with E-state index in [1.165, 1.54) is 0 Å². The minimum absolute atomic E-state index is 0.113. The predicted molar refractivity (Wildman–Crippen MR) is 94.3 cm³/mol. The number of benzene rings is 3. The summed E-state index contributed by atoms with van der Waals surface area (Å²) in [5.74, 6) is -1.89. The van der Waals surface area contributed by atoms with Gasteiger partial charge in [-0.05, 0) is 23.3 Å². The van der Waals surface area contributed by atoms with Crippen LogP contribution in [0.5, 0.6) is 0 Å². The number of halogens is 2. The van der Waals surface area contributed by atoms with Crippen LogP contribution in [0.1, 0.15) is 23.5 Å². The van der Waals surface area contributed by atoms with Crippen molar-refractivity contribution < 1.29 is 13.6 Å². The number of nitrogens with one attached hydrogen (secondary N) is 1. The monoisotopic (exact) mass is 337 g/mol. The summed E-state index contributed by atoms with van der Waals surface area (Å²) in [6, 6.07) is 22.3. The Labute approximate surface area is 145 Å².